The van der Waals surface area contributed by atoms with Crippen LogP contribution in [0.15, 0.2) is 18.3 Å². The first-order valence-corrected chi connectivity index (χ1v) is 7.32. The Morgan fingerprint density at radius 2 is 2.20 bits per heavy atom. The SMILES string of the molecule is CCN(CC)c1ccc(NC(=O)C2(C)CCNC2)cn1. The van der Waals surface area contributed by atoms with E-state index in [1.807, 2.05) is 19.1 Å². The third-order valence-electron chi connectivity index (χ3n) is 4.01. The van der Waals surface area contributed by atoms with Crippen molar-refractivity contribution < 1.29 is 4.79 Å². The molecule has 20 heavy (non-hydrogen) atoms. The van der Waals surface area contributed by atoms with Crippen LogP contribution in [0.5, 0.6) is 0 Å². The second-order valence-corrected chi connectivity index (χ2v) is 5.52. The quantitative estimate of drug-likeness (QED) is 0.862. The second kappa shape index (κ2) is 6.22. The fraction of sp³-hybridized carbons (Fsp3) is 0.600. The second-order valence-electron chi connectivity index (χ2n) is 5.52. The number of anilines is 2. The number of hydrogen-bond donors (Lipinski definition) is 2. The molecule has 0 bridgehead atoms. The maximum Gasteiger partial charge on any atom is 0.231 e. The number of hydrogen-bond acceptors (Lipinski definition) is 4. The lowest BCUT2D eigenvalue weighted by Crippen LogP contribution is -2.35. The minimum atomic E-state index is -0.308. The third-order valence-corrected chi connectivity index (χ3v) is 4.01. The summed E-state index contributed by atoms with van der Waals surface area (Å²) in [7, 11) is 0. The number of carbonyl (C=O) groups is 1. The minimum Gasteiger partial charge on any atom is -0.357 e. The average Bonchev–Trinajstić information content (AvgIpc) is 2.90. The molecular weight excluding hydrogens is 252 g/mol. The number of nitrogens with zero attached hydrogens (tertiary/aromatic N) is 2. The number of pyridine rings is 1. The maximum absolute atomic E-state index is 12.3. The van der Waals surface area contributed by atoms with Crippen LogP contribution in [-0.2, 0) is 4.79 Å². The van der Waals surface area contributed by atoms with Crippen LogP contribution in [0, 0.1) is 5.41 Å². The van der Waals surface area contributed by atoms with Crippen molar-refractivity contribution in [3.63, 3.8) is 0 Å². The maximum atomic E-state index is 12.3. The molecule has 2 rings (SSSR count). The average molecular weight is 276 g/mol. The van der Waals surface area contributed by atoms with E-state index < -0.39 is 0 Å². The molecule has 0 radical (unpaired) electrons. The molecule has 1 aliphatic rings. The molecule has 0 spiro atoms. The van der Waals surface area contributed by atoms with Gasteiger partial charge in [0.25, 0.3) is 0 Å². The van der Waals surface area contributed by atoms with Gasteiger partial charge in [0, 0.05) is 19.6 Å². The molecule has 1 amide bonds. The smallest absolute Gasteiger partial charge is 0.231 e. The van der Waals surface area contributed by atoms with Gasteiger partial charge in [-0.05, 0) is 45.9 Å². The van der Waals surface area contributed by atoms with Crippen molar-refractivity contribution in [1.29, 1.82) is 0 Å². The predicted octanol–water partition coefficient (Wildman–Crippen LogP) is 1.87. The molecule has 1 aromatic heterocycles. The van der Waals surface area contributed by atoms with E-state index in [1.165, 1.54) is 0 Å². The number of rotatable bonds is 5. The lowest BCUT2D eigenvalue weighted by molar-refractivity contribution is -0.123. The fourth-order valence-corrected chi connectivity index (χ4v) is 2.49. The summed E-state index contributed by atoms with van der Waals surface area (Å²) in [5.74, 6) is 1.02. The van der Waals surface area contributed by atoms with Gasteiger partial charge in [0.15, 0.2) is 0 Å². The molecule has 0 saturated carbocycles. The Labute approximate surface area is 120 Å². The van der Waals surface area contributed by atoms with Gasteiger partial charge in [-0.15, -0.1) is 0 Å². The van der Waals surface area contributed by atoms with E-state index in [2.05, 4.69) is 34.4 Å². The topological polar surface area (TPSA) is 57.3 Å². The van der Waals surface area contributed by atoms with Crippen molar-refractivity contribution in [1.82, 2.24) is 10.3 Å². The molecule has 1 fully saturated rings. The van der Waals surface area contributed by atoms with Gasteiger partial charge in [0.05, 0.1) is 17.3 Å². The first-order chi connectivity index (χ1) is 9.59. The molecule has 1 atom stereocenters. The van der Waals surface area contributed by atoms with E-state index in [0.29, 0.717) is 0 Å². The zero-order valence-corrected chi connectivity index (χ0v) is 12.6. The molecular formula is C15H24N4O. The van der Waals surface area contributed by atoms with Crippen LogP contribution < -0.4 is 15.5 Å². The van der Waals surface area contributed by atoms with Gasteiger partial charge in [0.1, 0.15) is 5.82 Å². The highest BCUT2D eigenvalue weighted by molar-refractivity contribution is 5.95. The number of aromatic nitrogens is 1. The van der Waals surface area contributed by atoms with Crippen molar-refractivity contribution in [3.05, 3.63) is 18.3 Å². The van der Waals surface area contributed by atoms with Gasteiger partial charge in [-0.25, -0.2) is 4.98 Å². The zero-order valence-electron chi connectivity index (χ0n) is 12.6. The molecule has 1 unspecified atom stereocenters. The van der Waals surface area contributed by atoms with E-state index in [0.717, 1.165) is 44.1 Å². The standard InChI is InChI=1S/C15H24N4O/c1-4-19(5-2)13-7-6-12(10-17-13)18-14(20)15(3)8-9-16-11-15/h6-7,10,16H,4-5,8-9,11H2,1-3H3,(H,18,20). The Kier molecular flexibility index (Phi) is 4.60. The van der Waals surface area contributed by atoms with E-state index in [1.54, 1.807) is 6.20 Å². The molecule has 110 valence electrons. The first-order valence-electron chi connectivity index (χ1n) is 7.32. The van der Waals surface area contributed by atoms with Crippen molar-refractivity contribution in [2.75, 3.05) is 36.4 Å². The van der Waals surface area contributed by atoms with Crippen molar-refractivity contribution in [2.24, 2.45) is 5.41 Å². The van der Waals surface area contributed by atoms with Crippen LogP contribution in [0.1, 0.15) is 27.2 Å². The van der Waals surface area contributed by atoms with Crippen molar-refractivity contribution >= 4 is 17.4 Å². The largest absolute Gasteiger partial charge is 0.357 e. The van der Waals surface area contributed by atoms with Gasteiger partial charge in [-0.2, -0.15) is 0 Å². The summed E-state index contributed by atoms with van der Waals surface area (Å²) in [5.41, 5.74) is 0.455. The Bertz CT molecular complexity index is 447. The summed E-state index contributed by atoms with van der Waals surface area (Å²) >= 11 is 0. The molecule has 1 aliphatic heterocycles. The highest BCUT2D eigenvalue weighted by atomic mass is 16.2. The summed E-state index contributed by atoms with van der Waals surface area (Å²) in [6.07, 6.45) is 2.61. The Balaban J connectivity index is 2.02. The molecule has 1 aromatic rings. The zero-order chi connectivity index (χ0) is 14.6. The molecule has 2 N–H and O–H groups in total. The minimum absolute atomic E-state index is 0.0693. The monoisotopic (exact) mass is 276 g/mol. The Morgan fingerprint density at radius 3 is 2.70 bits per heavy atom. The van der Waals surface area contributed by atoms with Gasteiger partial charge in [-0.1, -0.05) is 0 Å². The molecule has 1 saturated heterocycles. The van der Waals surface area contributed by atoms with Crippen LogP contribution in [0.3, 0.4) is 0 Å². The predicted molar refractivity (Wildman–Crippen MR) is 82.0 cm³/mol. The Hall–Kier alpha value is -1.62. The van der Waals surface area contributed by atoms with Crippen molar-refractivity contribution in [3.8, 4) is 0 Å². The van der Waals surface area contributed by atoms with Gasteiger partial charge < -0.3 is 15.5 Å². The number of nitrogens with one attached hydrogen (secondary N) is 2. The summed E-state index contributed by atoms with van der Waals surface area (Å²) in [6, 6.07) is 3.88. The van der Waals surface area contributed by atoms with Crippen molar-refractivity contribution in [2.45, 2.75) is 27.2 Å². The Morgan fingerprint density at radius 1 is 1.45 bits per heavy atom. The highest BCUT2D eigenvalue weighted by Gasteiger charge is 2.36. The molecule has 0 aliphatic carbocycles. The molecule has 2 heterocycles. The van der Waals surface area contributed by atoms with Crippen LogP contribution >= 0.6 is 0 Å². The number of amides is 1. The van der Waals surface area contributed by atoms with Crippen LogP contribution in [-0.4, -0.2) is 37.1 Å². The summed E-state index contributed by atoms with van der Waals surface area (Å²) in [4.78, 5) is 18.9. The summed E-state index contributed by atoms with van der Waals surface area (Å²) in [5, 5.41) is 6.20. The highest BCUT2D eigenvalue weighted by Crippen LogP contribution is 2.26. The van der Waals surface area contributed by atoms with Gasteiger partial charge in [0.2, 0.25) is 5.91 Å². The van der Waals surface area contributed by atoms with Gasteiger partial charge >= 0.3 is 0 Å². The number of carbonyl (C=O) groups excluding carboxylic acids is 1. The lowest BCUT2D eigenvalue weighted by atomic mass is 9.89. The van der Waals surface area contributed by atoms with E-state index in [-0.39, 0.29) is 11.3 Å². The van der Waals surface area contributed by atoms with Crippen LogP contribution in [0.25, 0.3) is 0 Å². The van der Waals surface area contributed by atoms with Gasteiger partial charge in [-0.3, -0.25) is 4.79 Å². The lowest BCUT2D eigenvalue weighted by Gasteiger charge is -2.22. The van der Waals surface area contributed by atoms with E-state index in [4.69, 9.17) is 0 Å². The summed E-state index contributed by atoms with van der Waals surface area (Å²) in [6.45, 7) is 9.72. The summed E-state index contributed by atoms with van der Waals surface area (Å²) < 4.78 is 0. The van der Waals surface area contributed by atoms with Crippen LogP contribution in [0.2, 0.25) is 0 Å². The molecule has 5 nitrogen and oxygen atoms in total. The van der Waals surface area contributed by atoms with Crippen LogP contribution in [0.4, 0.5) is 11.5 Å². The molecule has 0 aromatic carbocycles. The molecule has 5 heteroatoms. The van der Waals surface area contributed by atoms with E-state index >= 15 is 0 Å². The first kappa shape index (κ1) is 14.8. The third kappa shape index (κ3) is 3.10. The fourth-order valence-electron chi connectivity index (χ4n) is 2.49. The van der Waals surface area contributed by atoms with E-state index in [9.17, 15) is 4.79 Å². The normalized spacial score (nSPS) is 21.8.